The number of ether oxygens (including phenoxy) is 2. The average molecular weight is 417 g/mol. The highest BCUT2D eigenvalue weighted by Crippen LogP contribution is 2.34. The number of furan rings is 1. The summed E-state index contributed by atoms with van der Waals surface area (Å²) in [4.78, 5) is 13.0. The Morgan fingerprint density at radius 2 is 1.77 bits per heavy atom. The number of carbonyl (C=O) groups is 1. The van der Waals surface area contributed by atoms with Gasteiger partial charge in [-0.3, -0.25) is 10.2 Å². The summed E-state index contributed by atoms with van der Waals surface area (Å²) in [5.74, 6) is 2.14. The monoisotopic (exact) mass is 417 g/mol. The smallest absolute Gasteiger partial charge is 0.291 e. The number of para-hydroxylation sites is 1. The molecule has 158 valence electrons. The Morgan fingerprint density at radius 1 is 0.968 bits per heavy atom. The van der Waals surface area contributed by atoms with E-state index >= 15 is 0 Å². The zero-order valence-corrected chi connectivity index (χ0v) is 17.2. The summed E-state index contributed by atoms with van der Waals surface area (Å²) in [6.07, 6.45) is 2.55. The minimum absolute atomic E-state index is 0.293. The van der Waals surface area contributed by atoms with Crippen LogP contribution in [0.4, 0.5) is 11.4 Å². The number of rotatable bonds is 4. The third-order valence-corrected chi connectivity index (χ3v) is 5.43. The van der Waals surface area contributed by atoms with Gasteiger partial charge in [-0.1, -0.05) is 18.2 Å². The van der Waals surface area contributed by atoms with E-state index in [1.165, 1.54) is 0 Å². The Kier molecular flexibility index (Phi) is 5.08. The molecule has 0 spiro atoms. The molecule has 0 bridgehead atoms. The van der Waals surface area contributed by atoms with Crippen LogP contribution in [0.25, 0.3) is 0 Å². The van der Waals surface area contributed by atoms with Crippen molar-refractivity contribution in [1.82, 2.24) is 0 Å². The molecule has 2 aromatic carbocycles. The second-order valence-electron chi connectivity index (χ2n) is 7.56. The first kappa shape index (κ1) is 19.2. The Morgan fingerprint density at radius 3 is 2.61 bits per heavy atom. The number of fused-ring (bicyclic) bond motifs is 2. The number of anilines is 2. The number of hydrogen-bond donors (Lipinski definition) is 2. The zero-order chi connectivity index (χ0) is 21.2. The Bertz CT molecular complexity index is 1150. The standard InChI is InChI=1S/C24H23N3O4/c1-15-22-18(27-26-16-6-3-2-4-7-16)8-5-9-20(22)31-23(15)24(28)25-17-10-11-19-21(14-17)30-13-12-29-19/h2-4,6-7,10-11,14,26H,5,8-9,12-13H2,1H3,(H,25,28)/b27-18+. The summed E-state index contributed by atoms with van der Waals surface area (Å²) in [6, 6.07) is 15.1. The summed E-state index contributed by atoms with van der Waals surface area (Å²) in [5, 5.41) is 7.51. The van der Waals surface area contributed by atoms with Crippen LogP contribution in [0, 0.1) is 6.92 Å². The molecule has 1 aromatic heterocycles. The molecule has 0 unspecified atom stereocenters. The lowest BCUT2D eigenvalue weighted by Gasteiger charge is -2.18. The van der Waals surface area contributed by atoms with Crippen LogP contribution in [0.3, 0.4) is 0 Å². The van der Waals surface area contributed by atoms with Crippen LogP contribution >= 0.6 is 0 Å². The SMILES string of the molecule is Cc1c(C(=O)Nc2ccc3c(c2)OCCO3)oc2c1/C(=N/Nc1ccccc1)CCC2. The van der Waals surface area contributed by atoms with Gasteiger partial charge in [0.2, 0.25) is 0 Å². The molecule has 0 atom stereocenters. The highest BCUT2D eigenvalue weighted by Gasteiger charge is 2.28. The van der Waals surface area contributed by atoms with E-state index in [0.717, 1.165) is 47.5 Å². The van der Waals surface area contributed by atoms with Gasteiger partial charge in [0.05, 0.1) is 11.4 Å². The maximum absolute atomic E-state index is 13.0. The molecule has 1 amide bonds. The number of hydrogen-bond acceptors (Lipinski definition) is 6. The van der Waals surface area contributed by atoms with Crippen LogP contribution in [0.2, 0.25) is 0 Å². The fraction of sp³-hybridized carbons (Fsp3) is 0.250. The summed E-state index contributed by atoms with van der Waals surface area (Å²) in [7, 11) is 0. The maximum Gasteiger partial charge on any atom is 0.291 e. The molecule has 1 aliphatic carbocycles. The maximum atomic E-state index is 13.0. The van der Waals surface area contributed by atoms with Crippen molar-refractivity contribution in [3.63, 3.8) is 0 Å². The second kappa shape index (κ2) is 8.18. The molecule has 0 saturated carbocycles. The third-order valence-electron chi connectivity index (χ3n) is 5.43. The third kappa shape index (κ3) is 3.86. The van der Waals surface area contributed by atoms with Gasteiger partial charge in [-0.05, 0) is 44.0 Å². The molecule has 31 heavy (non-hydrogen) atoms. The lowest BCUT2D eigenvalue weighted by Crippen LogP contribution is -2.16. The van der Waals surface area contributed by atoms with E-state index in [9.17, 15) is 4.79 Å². The molecule has 5 rings (SSSR count). The Hall–Kier alpha value is -3.74. The van der Waals surface area contributed by atoms with Gasteiger partial charge >= 0.3 is 0 Å². The van der Waals surface area contributed by atoms with Gasteiger partial charge in [0, 0.05) is 29.3 Å². The van der Waals surface area contributed by atoms with Crippen molar-refractivity contribution in [2.75, 3.05) is 24.0 Å². The second-order valence-corrected chi connectivity index (χ2v) is 7.56. The van der Waals surface area contributed by atoms with E-state index in [4.69, 9.17) is 13.9 Å². The summed E-state index contributed by atoms with van der Waals surface area (Å²) >= 11 is 0. The minimum atomic E-state index is -0.293. The van der Waals surface area contributed by atoms with Gasteiger partial charge in [-0.25, -0.2) is 0 Å². The predicted molar refractivity (Wildman–Crippen MR) is 118 cm³/mol. The van der Waals surface area contributed by atoms with E-state index in [1.54, 1.807) is 18.2 Å². The molecule has 7 heteroatoms. The molecule has 1 aliphatic heterocycles. The number of nitrogens with zero attached hydrogens (tertiary/aromatic N) is 1. The van der Waals surface area contributed by atoms with E-state index in [0.29, 0.717) is 36.2 Å². The molecular formula is C24H23N3O4. The molecular weight excluding hydrogens is 394 g/mol. The number of hydrazone groups is 1. The van der Waals surface area contributed by atoms with E-state index in [2.05, 4.69) is 15.8 Å². The van der Waals surface area contributed by atoms with Gasteiger partial charge in [0.25, 0.3) is 5.91 Å². The fourth-order valence-corrected chi connectivity index (χ4v) is 3.95. The Balaban J connectivity index is 1.38. The topological polar surface area (TPSA) is 85.1 Å². The van der Waals surface area contributed by atoms with Crippen LogP contribution in [-0.4, -0.2) is 24.8 Å². The van der Waals surface area contributed by atoms with Gasteiger partial charge in [-0.2, -0.15) is 5.10 Å². The van der Waals surface area contributed by atoms with Crippen molar-refractivity contribution in [2.45, 2.75) is 26.2 Å². The van der Waals surface area contributed by atoms with Crippen LogP contribution in [-0.2, 0) is 6.42 Å². The quantitative estimate of drug-likeness (QED) is 0.598. The molecule has 0 radical (unpaired) electrons. The van der Waals surface area contributed by atoms with Crippen molar-refractivity contribution in [3.8, 4) is 11.5 Å². The van der Waals surface area contributed by atoms with Crippen molar-refractivity contribution in [1.29, 1.82) is 0 Å². The van der Waals surface area contributed by atoms with Gasteiger partial charge in [0.15, 0.2) is 17.3 Å². The molecule has 2 N–H and O–H groups in total. The van der Waals surface area contributed by atoms with Crippen LogP contribution in [0.15, 0.2) is 58.0 Å². The lowest BCUT2D eigenvalue weighted by atomic mass is 9.93. The van der Waals surface area contributed by atoms with E-state index in [-0.39, 0.29) is 5.91 Å². The lowest BCUT2D eigenvalue weighted by molar-refractivity contribution is 0.0994. The number of amides is 1. The van der Waals surface area contributed by atoms with Gasteiger partial charge in [-0.15, -0.1) is 0 Å². The van der Waals surface area contributed by atoms with E-state index < -0.39 is 0 Å². The zero-order valence-electron chi connectivity index (χ0n) is 17.2. The number of benzene rings is 2. The number of aryl methyl sites for hydroxylation is 1. The van der Waals surface area contributed by atoms with Crippen molar-refractivity contribution >= 4 is 23.0 Å². The van der Waals surface area contributed by atoms with Crippen molar-refractivity contribution in [2.24, 2.45) is 5.10 Å². The summed E-state index contributed by atoms with van der Waals surface area (Å²) < 4.78 is 17.1. The van der Waals surface area contributed by atoms with Crippen LogP contribution < -0.4 is 20.2 Å². The number of carbonyl (C=O) groups excluding carboxylic acids is 1. The van der Waals surface area contributed by atoms with Gasteiger partial charge in [0.1, 0.15) is 19.0 Å². The highest BCUT2D eigenvalue weighted by atomic mass is 16.6. The first-order chi connectivity index (χ1) is 15.2. The molecule has 2 aliphatic rings. The van der Waals surface area contributed by atoms with E-state index in [1.807, 2.05) is 37.3 Å². The van der Waals surface area contributed by atoms with Crippen LogP contribution in [0.1, 0.15) is 40.3 Å². The Labute approximate surface area is 180 Å². The highest BCUT2D eigenvalue weighted by molar-refractivity contribution is 6.09. The first-order valence-electron chi connectivity index (χ1n) is 10.4. The minimum Gasteiger partial charge on any atom is -0.486 e. The first-order valence-corrected chi connectivity index (χ1v) is 10.4. The van der Waals surface area contributed by atoms with Crippen molar-refractivity contribution in [3.05, 3.63) is 71.2 Å². The summed E-state index contributed by atoms with van der Waals surface area (Å²) in [6.45, 7) is 2.93. The molecule has 0 fully saturated rings. The summed E-state index contributed by atoms with van der Waals surface area (Å²) in [5.41, 5.74) is 7.30. The molecule has 3 aromatic rings. The largest absolute Gasteiger partial charge is 0.486 e. The molecule has 0 saturated heterocycles. The molecule has 7 nitrogen and oxygen atoms in total. The van der Waals surface area contributed by atoms with Gasteiger partial charge < -0.3 is 19.2 Å². The van der Waals surface area contributed by atoms with Crippen molar-refractivity contribution < 1.29 is 18.7 Å². The normalized spacial score (nSPS) is 16.0. The van der Waals surface area contributed by atoms with Crippen LogP contribution in [0.5, 0.6) is 11.5 Å². The average Bonchev–Trinajstić information content (AvgIpc) is 3.15. The number of nitrogens with one attached hydrogen (secondary N) is 2. The predicted octanol–water partition coefficient (Wildman–Crippen LogP) is 4.76. The fourth-order valence-electron chi connectivity index (χ4n) is 3.95. The molecule has 2 heterocycles.